The number of benzene rings is 2. The van der Waals surface area contributed by atoms with Gasteiger partial charge >= 0.3 is 0 Å². The molecule has 0 saturated carbocycles. The third-order valence-electron chi connectivity index (χ3n) is 4.53. The highest BCUT2D eigenvalue weighted by Crippen LogP contribution is 2.32. The first kappa shape index (κ1) is 18.6. The lowest BCUT2D eigenvalue weighted by molar-refractivity contribution is 0.0999. The maximum atomic E-state index is 12.0. The fraction of sp³-hybridized carbons (Fsp3) is 0.217. The summed E-state index contributed by atoms with van der Waals surface area (Å²) in [6.45, 7) is 6.07. The Morgan fingerprint density at radius 1 is 0.963 bits per heavy atom. The van der Waals surface area contributed by atoms with Gasteiger partial charge in [-0.25, -0.2) is 0 Å². The second-order valence-corrected chi connectivity index (χ2v) is 6.86. The van der Waals surface area contributed by atoms with Gasteiger partial charge in [0.05, 0.1) is 6.10 Å². The van der Waals surface area contributed by atoms with Crippen LogP contribution >= 0.6 is 0 Å². The van der Waals surface area contributed by atoms with E-state index in [0.717, 1.165) is 28.0 Å². The average molecular weight is 360 g/mol. The number of carbonyl (C=O) groups is 1. The number of aromatic nitrogens is 1. The molecule has 1 unspecified atom stereocenters. The summed E-state index contributed by atoms with van der Waals surface area (Å²) in [4.78, 5) is 16.1. The molecule has 138 valence electrons. The molecule has 1 heterocycles. The zero-order valence-corrected chi connectivity index (χ0v) is 15.8. The van der Waals surface area contributed by atoms with Crippen LogP contribution in [0.1, 0.15) is 48.2 Å². The van der Waals surface area contributed by atoms with E-state index in [0.29, 0.717) is 5.56 Å². The van der Waals surface area contributed by atoms with Crippen LogP contribution in [0.2, 0.25) is 0 Å². The number of primary amides is 1. The van der Waals surface area contributed by atoms with E-state index in [4.69, 9.17) is 10.5 Å². The van der Waals surface area contributed by atoms with Crippen molar-refractivity contribution in [3.8, 4) is 16.9 Å². The Kier molecular flexibility index (Phi) is 5.55. The summed E-state index contributed by atoms with van der Waals surface area (Å²) >= 11 is 0. The Balaban J connectivity index is 2.04. The number of pyridine rings is 1. The van der Waals surface area contributed by atoms with E-state index in [-0.39, 0.29) is 12.0 Å². The molecule has 2 aromatic carbocycles. The molecule has 3 aromatic rings. The second-order valence-electron chi connectivity index (χ2n) is 6.86. The number of nitrogens with two attached hydrogens (primary N) is 1. The van der Waals surface area contributed by atoms with Crippen LogP contribution in [0.3, 0.4) is 0 Å². The number of ether oxygens (including phenoxy) is 1. The quantitative estimate of drug-likeness (QED) is 0.687. The molecule has 3 rings (SSSR count). The Morgan fingerprint density at radius 2 is 1.70 bits per heavy atom. The van der Waals surface area contributed by atoms with Gasteiger partial charge in [-0.05, 0) is 72.5 Å². The zero-order valence-electron chi connectivity index (χ0n) is 15.8. The van der Waals surface area contributed by atoms with Gasteiger partial charge < -0.3 is 10.5 Å². The van der Waals surface area contributed by atoms with Crippen molar-refractivity contribution >= 4 is 5.91 Å². The molecule has 0 aliphatic rings. The van der Waals surface area contributed by atoms with Gasteiger partial charge in [0, 0.05) is 23.9 Å². The van der Waals surface area contributed by atoms with E-state index >= 15 is 0 Å². The van der Waals surface area contributed by atoms with E-state index in [9.17, 15) is 4.79 Å². The molecule has 0 bridgehead atoms. The van der Waals surface area contributed by atoms with Crippen molar-refractivity contribution in [3.63, 3.8) is 0 Å². The predicted octanol–water partition coefficient (Wildman–Crippen LogP) is 4.79. The topological polar surface area (TPSA) is 65.2 Å². The minimum absolute atomic E-state index is 0.00926. The maximum absolute atomic E-state index is 12.0. The van der Waals surface area contributed by atoms with E-state index < -0.39 is 5.91 Å². The van der Waals surface area contributed by atoms with Crippen LogP contribution in [0.5, 0.6) is 5.75 Å². The molecule has 1 amide bonds. The highest BCUT2D eigenvalue weighted by Gasteiger charge is 2.18. The molecule has 0 aliphatic carbocycles. The number of rotatable bonds is 6. The summed E-state index contributed by atoms with van der Waals surface area (Å²) in [5.41, 5.74) is 10.2. The second kappa shape index (κ2) is 8.04. The zero-order chi connectivity index (χ0) is 19.4. The molecular weight excluding hydrogens is 336 g/mol. The molecule has 4 nitrogen and oxygen atoms in total. The summed E-state index contributed by atoms with van der Waals surface area (Å²) in [5.74, 6) is 0.387. The average Bonchev–Trinajstić information content (AvgIpc) is 2.67. The Morgan fingerprint density at radius 3 is 2.37 bits per heavy atom. The first-order valence-electron chi connectivity index (χ1n) is 9.06. The lowest BCUT2D eigenvalue weighted by atomic mass is 9.87. The minimum Gasteiger partial charge on any atom is -0.491 e. The fourth-order valence-electron chi connectivity index (χ4n) is 3.18. The third-order valence-corrected chi connectivity index (χ3v) is 4.53. The van der Waals surface area contributed by atoms with Crippen LogP contribution in [-0.4, -0.2) is 17.0 Å². The van der Waals surface area contributed by atoms with Crippen molar-refractivity contribution in [2.45, 2.75) is 32.8 Å². The standard InChI is InChI=1S/C23H24N2O2/c1-15(2)27-20-6-4-5-18(13-20)16(3)22-14-19(7-8-21(22)23(24)26)17-9-11-25-12-10-17/h4-16H,1-3H3,(H2,24,26). The first-order chi connectivity index (χ1) is 13.0. The largest absolute Gasteiger partial charge is 0.491 e. The molecule has 0 saturated heterocycles. The van der Waals surface area contributed by atoms with E-state index in [1.807, 2.05) is 62.4 Å². The molecule has 1 atom stereocenters. The van der Waals surface area contributed by atoms with Crippen LogP contribution in [0.15, 0.2) is 67.0 Å². The molecule has 2 N–H and O–H groups in total. The molecule has 0 spiro atoms. The van der Waals surface area contributed by atoms with Gasteiger partial charge in [0.1, 0.15) is 5.75 Å². The van der Waals surface area contributed by atoms with Crippen LogP contribution in [0, 0.1) is 0 Å². The van der Waals surface area contributed by atoms with Crippen LogP contribution in [-0.2, 0) is 0 Å². The highest BCUT2D eigenvalue weighted by atomic mass is 16.5. The van der Waals surface area contributed by atoms with Gasteiger partial charge in [0.15, 0.2) is 0 Å². The van der Waals surface area contributed by atoms with Gasteiger partial charge in [-0.1, -0.05) is 25.1 Å². The fourth-order valence-corrected chi connectivity index (χ4v) is 3.18. The number of carbonyl (C=O) groups excluding carboxylic acids is 1. The molecular formula is C23H24N2O2. The summed E-state index contributed by atoms with van der Waals surface area (Å²) in [5, 5.41) is 0. The third kappa shape index (κ3) is 4.34. The van der Waals surface area contributed by atoms with Crippen molar-refractivity contribution in [2.24, 2.45) is 5.73 Å². The smallest absolute Gasteiger partial charge is 0.248 e. The summed E-state index contributed by atoms with van der Waals surface area (Å²) < 4.78 is 5.81. The Bertz CT molecular complexity index is 936. The van der Waals surface area contributed by atoms with Gasteiger partial charge in [-0.2, -0.15) is 0 Å². The van der Waals surface area contributed by atoms with Crippen LogP contribution in [0.4, 0.5) is 0 Å². The highest BCUT2D eigenvalue weighted by molar-refractivity contribution is 5.95. The van der Waals surface area contributed by atoms with Gasteiger partial charge in [-0.3, -0.25) is 9.78 Å². The van der Waals surface area contributed by atoms with Crippen molar-refractivity contribution in [2.75, 3.05) is 0 Å². The summed E-state index contributed by atoms with van der Waals surface area (Å²) in [6, 6.07) is 17.6. The molecule has 27 heavy (non-hydrogen) atoms. The van der Waals surface area contributed by atoms with Gasteiger partial charge in [0.2, 0.25) is 5.91 Å². The predicted molar refractivity (Wildman–Crippen MR) is 108 cm³/mol. The number of nitrogens with zero attached hydrogens (tertiary/aromatic N) is 1. The van der Waals surface area contributed by atoms with E-state index in [2.05, 4.69) is 11.9 Å². The Hall–Kier alpha value is -3.14. The van der Waals surface area contributed by atoms with Crippen LogP contribution < -0.4 is 10.5 Å². The van der Waals surface area contributed by atoms with Crippen molar-refractivity contribution in [1.29, 1.82) is 0 Å². The minimum atomic E-state index is -0.423. The van der Waals surface area contributed by atoms with Gasteiger partial charge in [0.25, 0.3) is 0 Å². The van der Waals surface area contributed by atoms with Crippen LogP contribution in [0.25, 0.3) is 11.1 Å². The first-order valence-corrected chi connectivity index (χ1v) is 9.06. The number of hydrogen-bond donors (Lipinski definition) is 1. The molecule has 0 aliphatic heterocycles. The number of amides is 1. The van der Waals surface area contributed by atoms with Crippen molar-refractivity contribution < 1.29 is 9.53 Å². The van der Waals surface area contributed by atoms with Crippen molar-refractivity contribution in [1.82, 2.24) is 4.98 Å². The molecule has 0 radical (unpaired) electrons. The SMILES string of the molecule is CC(C)Oc1cccc(C(C)c2cc(-c3ccncc3)ccc2C(N)=O)c1. The Labute approximate surface area is 160 Å². The maximum Gasteiger partial charge on any atom is 0.248 e. The molecule has 0 fully saturated rings. The monoisotopic (exact) mass is 360 g/mol. The number of hydrogen-bond acceptors (Lipinski definition) is 3. The lowest BCUT2D eigenvalue weighted by Gasteiger charge is -2.19. The van der Waals surface area contributed by atoms with E-state index in [1.54, 1.807) is 18.5 Å². The van der Waals surface area contributed by atoms with Crippen molar-refractivity contribution in [3.05, 3.63) is 83.7 Å². The normalized spacial score (nSPS) is 12.0. The molecule has 4 heteroatoms. The molecule has 1 aromatic heterocycles. The van der Waals surface area contributed by atoms with Gasteiger partial charge in [-0.15, -0.1) is 0 Å². The van der Waals surface area contributed by atoms with E-state index in [1.165, 1.54) is 0 Å². The lowest BCUT2D eigenvalue weighted by Crippen LogP contribution is -2.15. The summed E-state index contributed by atoms with van der Waals surface area (Å²) in [7, 11) is 0. The summed E-state index contributed by atoms with van der Waals surface area (Å²) in [6.07, 6.45) is 3.62.